The average molecular weight is 520 g/mol. The molecule has 6 rings (SSSR count). The van der Waals surface area contributed by atoms with E-state index in [-0.39, 0.29) is 29.2 Å². The first-order valence-corrected chi connectivity index (χ1v) is 12.8. The van der Waals surface area contributed by atoms with E-state index in [2.05, 4.69) is 4.90 Å². The Morgan fingerprint density at radius 3 is 2.59 bits per heavy atom. The molecule has 37 heavy (non-hydrogen) atoms. The van der Waals surface area contributed by atoms with Gasteiger partial charge in [-0.2, -0.15) is 13.2 Å². The number of carboxylic acid groups (broad SMARTS) is 1. The third-order valence-electron chi connectivity index (χ3n) is 9.30. The van der Waals surface area contributed by atoms with E-state index in [0.29, 0.717) is 17.2 Å². The number of aliphatic carboxylic acids is 1. The number of halogens is 4. The van der Waals surface area contributed by atoms with Gasteiger partial charge >= 0.3 is 12.1 Å². The number of alkyl halides is 3. The fraction of sp³-hybridized carbons (Fsp3) is 0.536. The standard InChI is InChI=1S/C28H29F4NO4/c1-13(26(35)36)25(34)16-4-3-15-5-8-22(37-23(15)9-16)19-11-24-27(12-21(19)27)33(24)14(2)18-10-17(29)6-7-20(18)28(30,31)32/h3-4,6-7,9-10,13-14,19,21-22,24-25,34H,5,8,11-12H2,1-2H3,(H,35,36)/t13-,14-,19?,21?,22?,24?,25+,27?,33?/m0/s1. The van der Waals surface area contributed by atoms with Crippen LogP contribution in [0.4, 0.5) is 17.6 Å². The maximum Gasteiger partial charge on any atom is 0.416 e. The van der Waals surface area contributed by atoms with E-state index in [0.717, 1.165) is 49.4 Å². The number of carbonyl (C=O) groups is 1. The molecule has 1 saturated heterocycles. The Balaban J connectivity index is 1.16. The van der Waals surface area contributed by atoms with Crippen LogP contribution in [0.3, 0.4) is 0 Å². The molecule has 2 saturated carbocycles. The molecule has 5 nitrogen and oxygen atoms in total. The molecule has 6 unspecified atom stereocenters. The van der Waals surface area contributed by atoms with Gasteiger partial charge in [0, 0.05) is 23.5 Å². The van der Waals surface area contributed by atoms with Crippen LogP contribution in [0.25, 0.3) is 0 Å². The van der Waals surface area contributed by atoms with Crippen molar-refractivity contribution in [2.24, 2.45) is 17.8 Å². The lowest BCUT2D eigenvalue weighted by atomic mass is 9.88. The van der Waals surface area contributed by atoms with Crippen LogP contribution in [0.15, 0.2) is 36.4 Å². The number of aryl methyl sites for hydroxylation is 1. The SMILES string of the molecule is C[C@H](C(=O)O)[C@@H](O)c1ccc2c(c1)OC(C1CC3N([C@@H](C)c4cc(F)ccc4C(F)(F)F)C34CC14)CC2. The molecule has 3 fully saturated rings. The summed E-state index contributed by atoms with van der Waals surface area (Å²) in [4.78, 5) is 13.4. The Morgan fingerprint density at radius 1 is 1.19 bits per heavy atom. The van der Waals surface area contributed by atoms with Crippen molar-refractivity contribution < 1.29 is 37.3 Å². The van der Waals surface area contributed by atoms with Gasteiger partial charge in [0.2, 0.25) is 0 Å². The lowest BCUT2D eigenvalue weighted by molar-refractivity contribution is -0.145. The summed E-state index contributed by atoms with van der Waals surface area (Å²) in [5.74, 6) is -1.42. The predicted octanol–water partition coefficient (Wildman–Crippen LogP) is 5.52. The molecule has 9 heteroatoms. The summed E-state index contributed by atoms with van der Waals surface area (Å²) in [5.41, 5.74) is 0.617. The van der Waals surface area contributed by atoms with Gasteiger partial charge in [-0.15, -0.1) is 0 Å². The van der Waals surface area contributed by atoms with Crippen LogP contribution >= 0.6 is 0 Å². The van der Waals surface area contributed by atoms with E-state index in [4.69, 9.17) is 4.74 Å². The predicted molar refractivity (Wildman–Crippen MR) is 125 cm³/mol. The van der Waals surface area contributed by atoms with Crippen molar-refractivity contribution in [3.05, 3.63) is 64.5 Å². The number of rotatable bonds is 6. The van der Waals surface area contributed by atoms with Gasteiger partial charge in [0.05, 0.1) is 17.6 Å². The molecule has 2 aliphatic carbocycles. The quantitative estimate of drug-likeness (QED) is 0.389. The van der Waals surface area contributed by atoms with E-state index < -0.39 is 41.6 Å². The Kier molecular flexibility index (Phi) is 5.45. The Bertz CT molecular complexity index is 1270. The molecule has 0 radical (unpaired) electrons. The highest BCUT2D eigenvalue weighted by atomic mass is 19.4. The zero-order valence-corrected chi connectivity index (χ0v) is 20.5. The number of nitrogens with zero attached hydrogens (tertiary/aromatic N) is 1. The Morgan fingerprint density at radius 2 is 1.95 bits per heavy atom. The van der Waals surface area contributed by atoms with Gasteiger partial charge in [-0.05, 0) is 86.4 Å². The fourth-order valence-corrected chi connectivity index (χ4v) is 7.31. The smallest absolute Gasteiger partial charge is 0.416 e. The molecule has 2 aromatic rings. The molecule has 2 heterocycles. The summed E-state index contributed by atoms with van der Waals surface area (Å²) in [6, 6.07) is 7.71. The zero-order chi connectivity index (χ0) is 26.4. The van der Waals surface area contributed by atoms with Crippen LogP contribution in [-0.4, -0.2) is 38.8 Å². The van der Waals surface area contributed by atoms with Gasteiger partial charge in [-0.25, -0.2) is 4.39 Å². The van der Waals surface area contributed by atoms with Crippen molar-refractivity contribution in [2.45, 2.75) is 75.5 Å². The first-order chi connectivity index (χ1) is 17.4. The van der Waals surface area contributed by atoms with Crippen LogP contribution in [-0.2, 0) is 17.4 Å². The first kappa shape index (κ1) is 24.7. The molecular formula is C28H29F4NO4. The number of fused-ring (bicyclic) bond motifs is 1. The maximum absolute atomic E-state index is 13.9. The number of hydrogen-bond acceptors (Lipinski definition) is 4. The Hall–Kier alpha value is -2.65. The first-order valence-electron chi connectivity index (χ1n) is 12.8. The van der Waals surface area contributed by atoms with E-state index in [9.17, 15) is 32.6 Å². The van der Waals surface area contributed by atoms with Crippen LogP contribution in [0.5, 0.6) is 5.75 Å². The topological polar surface area (TPSA) is 69.8 Å². The number of carboxylic acids is 1. The second-order valence-corrected chi connectivity index (χ2v) is 11.2. The maximum atomic E-state index is 13.9. The lowest BCUT2D eigenvalue weighted by Gasteiger charge is -2.33. The summed E-state index contributed by atoms with van der Waals surface area (Å²) in [7, 11) is 0. The van der Waals surface area contributed by atoms with Crippen LogP contribution < -0.4 is 4.74 Å². The molecule has 2 aromatic carbocycles. The third-order valence-corrected chi connectivity index (χ3v) is 9.30. The number of hydrogen-bond donors (Lipinski definition) is 2. The number of benzene rings is 2. The zero-order valence-electron chi connectivity index (χ0n) is 20.5. The number of ether oxygens (including phenoxy) is 1. The number of likely N-dealkylation sites (tertiary alicyclic amines) is 1. The minimum absolute atomic E-state index is 0.0111. The van der Waals surface area contributed by atoms with E-state index in [1.807, 2.05) is 6.07 Å². The average Bonchev–Trinajstić information content (AvgIpc) is 3.72. The van der Waals surface area contributed by atoms with Crippen LogP contribution in [0.1, 0.15) is 67.5 Å². The van der Waals surface area contributed by atoms with Crippen LogP contribution in [0, 0.1) is 23.6 Å². The molecule has 0 amide bonds. The van der Waals surface area contributed by atoms with Gasteiger partial charge in [0.15, 0.2) is 0 Å². The molecule has 1 spiro atoms. The van der Waals surface area contributed by atoms with Crippen molar-refractivity contribution in [3.63, 3.8) is 0 Å². The molecular weight excluding hydrogens is 490 g/mol. The highest BCUT2D eigenvalue weighted by molar-refractivity contribution is 5.70. The van der Waals surface area contributed by atoms with Gasteiger partial charge in [-0.3, -0.25) is 9.69 Å². The minimum Gasteiger partial charge on any atom is -0.490 e. The van der Waals surface area contributed by atoms with Crippen molar-refractivity contribution >= 4 is 5.97 Å². The second-order valence-electron chi connectivity index (χ2n) is 11.2. The molecule has 2 aliphatic heterocycles. The summed E-state index contributed by atoms with van der Waals surface area (Å²) < 4.78 is 61.1. The molecule has 2 N–H and O–H groups in total. The van der Waals surface area contributed by atoms with E-state index in [1.165, 1.54) is 6.92 Å². The van der Waals surface area contributed by atoms with E-state index in [1.54, 1.807) is 19.1 Å². The summed E-state index contributed by atoms with van der Waals surface area (Å²) in [6.45, 7) is 3.20. The normalized spacial score (nSPS) is 33.9. The molecule has 0 bridgehead atoms. The third kappa shape index (κ3) is 3.76. The molecule has 0 aromatic heterocycles. The second kappa shape index (κ2) is 8.17. The van der Waals surface area contributed by atoms with Gasteiger partial charge in [0.25, 0.3) is 0 Å². The number of aliphatic hydroxyl groups excluding tert-OH is 1. The largest absolute Gasteiger partial charge is 0.490 e. The summed E-state index contributed by atoms with van der Waals surface area (Å²) in [6.07, 6.45) is -2.34. The van der Waals surface area contributed by atoms with E-state index >= 15 is 0 Å². The Labute approximate surface area is 212 Å². The monoisotopic (exact) mass is 519 g/mol. The highest BCUT2D eigenvalue weighted by Crippen LogP contribution is 2.77. The van der Waals surface area contributed by atoms with Gasteiger partial charge in [0.1, 0.15) is 17.7 Å². The summed E-state index contributed by atoms with van der Waals surface area (Å²) in [5, 5.41) is 19.7. The fourth-order valence-electron chi connectivity index (χ4n) is 7.31. The van der Waals surface area contributed by atoms with Crippen LogP contribution in [0.2, 0.25) is 0 Å². The highest BCUT2D eigenvalue weighted by Gasteiger charge is 2.84. The number of aliphatic hydroxyl groups is 1. The van der Waals surface area contributed by atoms with Gasteiger partial charge < -0.3 is 14.9 Å². The molecule has 9 atom stereocenters. The van der Waals surface area contributed by atoms with Crippen molar-refractivity contribution in [3.8, 4) is 5.75 Å². The lowest BCUT2D eigenvalue weighted by Crippen LogP contribution is -2.34. The number of piperidine rings is 1. The molecule has 198 valence electrons. The van der Waals surface area contributed by atoms with Crippen molar-refractivity contribution in [1.82, 2.24) is 4.90 Å². The van der Waals surface area contributed by atoms with Crippen molar-refractivity contribution in [1.29, 1.82) is 0 Å². The summed E-state index contributed by atoms with van der Waals surface area (Å²) >= 11 is 0. The minimum atomic E-state index is -4.54. The van der Waals surface area contributed by atoms with Crippen molar-refractivity contribution in [2.75, 3.05) is 0 Å². The molecule has 4 aliphatic rings. The van der Waals surface area contributed by atoms with Gasteiger partial charge in [-0.1, -0.05) is 12.1 Å².